The smallest absolute Gasteiger partial charge is 0.309 e. The predicted octanol–water partition coefficient (Wildman–Crippen LogP) is 1.12. The first-order chi connectivity index (χ1) is 6.81. The molecule has 2 rings (SSSR count). The van der Waals surface area contributed by atoms with Crippen LogP contribution in [0.2, 0.25) is 0 Å². The van der Waals surface area contributed by atoms with E-state index in [2.05, 4.69) is 12.2 Å². The summed E-state index contributed by atoms with van der Waals surface area (Å²) in [5.74, 6) is 1.02. The Kier molecular flexibility index (Phi) is 2.87. The Morgan fingerprint density at radius 3 is 3.07 bits per heavy atom. The largest absolute Gasteiger partial charge is 0.463 e. The number of esters is 1. The Balaban J connectivity index is 1.90. The molecule has 0 spiro atoms. The first kappa shape index (κ1) is 9.71. The molecule has 3 atom stereocenters. The minimum absolute atomic E-state index is 0.0709. The number of hydrogen-bond acceptors (Lipinski definition) is 3. The summed E-state index contributed by atoms with van der Waals surface area (Å²) >= 11 is 0. The van der Waals surface area contributed by atoms with Crippen molar-refractivity contribution in [2.45, 2.75) is 19.3 Å². The van der Waals surface area contributed by atoms with E-state index in [1.165, 1.54) is 0 Å². The van der Waals surface area contributed by atoms with Crippen LogP contribution in [0.4, 0.5) is 0 Å². The molecule has 1 N–H and O–H groups in total. The highest BCUT2D eigenvalue weighted by atomic mass is 16.5. The molecule has 1 saturated carbocycles. The maximum Gasteiger partial charge on any atom is 0.309 e. The predicted molar refractivity (Wildman–Crippen MR) is 51.5 cm³/mol. The van der Waals surface area contributed by atoms with Crippen LogP contribution in [0.3, 0.4) is 0 Å². The van der Waals surface area contributed by atoms with E-state index < -0.39 is 0 Å². The number of rotatable bonds is 3. The van der Waals surface area contributed by atoms with Gasteiger partial charge in [-0.2, -0.15) is 0 Å². The molecule has 3 nitrogen and oxygen atoms in total. The van der Waals surface area contributed by atoms with Gasteiger partial charge in [-0.1, -0.05) is 12.2 Å². The van der Waals surface area contributed by atoms with Crippen molar-refractivity contribution in [2.75, 3.05) is 13.2 Å². The zero-order valence-electron chi connectivity index (χ0n) is 8.19. The van der Waals surface area contributed by atoms with E-state index in [0.29, 0.717) is 11.8 Å². The van der Waals surface area contributed by atoms with E-state index in [-0.39, 0.29) is 25.1 Å². The zero-order valence-corrected chi connectivity index (χ0v) is 8.19. The van der Waals surface area contributed by atoms with Crippen LogP contribution in [0.1, 0.15) is 19.3 Å². The third-order valence-electron chi connectivity index (χ3n) is 3.22. The summed E-state index contributed by atoms with van der Waals surface area (Å²) in [5.41, 5.74) is 0. The van der Waals surface area contributed by atoms with Crippen LogP contribution in [-0.2, 0) is 9.53 Å². The van der Waals surface area contributed by atoms with Gasteiger partial charge >= 0.3 is 5.97 Å². The average molecular weight is 196 g/mol. The van der Waals surface area contributed by atoms with Gasteiger partial charge < -0.3 is 9.84 Å². The van der Waals surface area contributed by atoms with E-state index >= 15 is 0 Å². The SMILES string of the molecule is O=C(OCCO)C1CC2C=CCC1C2. The van der Waals surface area contributed by atoms with Crippen molar-refractivity contribution in [1.29, 1.82) is 0 Å². The highest BCUT2D eigenvalue weighted by Gasteiger charge is 2.39. The molecule has 0 aromatic carbocycles. The molecule has 0 aromatic rings. The number of aliphatic hydroxyl groups excluding tert-OH is 1. The highest BCUT2D eigenvalue weighted by molar-refractivity contribution is 5.73. The number of aliphatic hydroxyl groups is 1. The number of carbonyl (C=O) groups is 1. The van der Waals surface area contributed by atoms with Gasteiger partial charge in [-0.05, 0) is 31.1 Å². The van der Waals surface area contributed by atoms with E-state index in [1.807, 2.05) is 0 Å². The molecule has 1 fully saturated rings. The topological polar surface area (TPSA) is 46.5 Å². The van der Waals surface area contributed by atoms with Crippen molar-refractivity contribution in [3.63, 3.8) is 0 Å². The lowest BCUT2D eigenvalue weighted by Gasteiger charge is -2.16. The minimum Gasteiger partial charge on any atom is -0.463 e. The van der Waals surface area contributed by atoms with Crippen LogP contribution < -0.4 is 0 Å². The standard InChI is InChI=1S/C11H16O3/c12-4-5-14-11(13)10-7-8-2-1-3-9(10)6-8/h1-2,8-10,12H,3-7H2. The fraction of sp³-hybridized carbons (Fsp3) is 0.727. The van der Waals surface area contributed by atoms with Crippen LogP contribution in [-0.4, -0.2) is 24.3 Å². The lowest BCUT2D eigenvalue weighted by atomic mass is 9.91. The zero-order chi connectivity index (χ0) is 9.97. The number of ether oxygens (including phenoxy) is 1. The van der Waals surface area contributed by atoms with Gasteiger partial charge in [-0.15, -0.1) is 0 Å². The summed E-state index contributed by atoms with van der Waals surface area (Å²) in [6.07, 6.45) is 7.48. The van der Waals surface area contributed by atoms with Crippen molar-refractivity contribution in [1.82, 2.24) is 0 Å². The van der Waals surface area contributed by atoms with Gasteiger partial charge in [0.1, 0.15) is 6.61 Å². The second-order valence-corrected chi connectivity index (χ2v) is 4.15. The summed E-state index contributed by atoms with van der Waals surface area (Å²) in [4.78, 5) is 11.6. The van der Waals surface area contributed by atoms with E-state index in [9.17, 15) is 4.79 Å². The third kappa shape index (κ3) is 1.82. The molecule has 0 amide bonds. The average Bonchev–Trinajstić information content (AvgIpc) is 2.50. The third-order valence-corrected chi connectivity index (χ3v) is 3.22. The Morgan fingerprint density at radius 2 is 2.36 bits per heavy atom. The molecule has 0 aromatic heterocycles. The summed E-state index contributed by atoms with van der Waals surface area (Å²) < 4.78 is 4.97. The van der Waals surface area contributed by atoms with Crippen LogP contribution >= 0.6 is 0 Å². The van der Waals surface area contributed by atoms with E-state index in [0.717, 1.165) is 19.3 Å². The molecular weight excluding hydrogens is 180 g/mol. The minimum atomic E-state index is -0.116. The summed E-state index contributed by atoms with van der Waals surface area (Å²) in [7, 11) is 0. The summed E-state index contributed by atoms with van der Waals surface area (Å²) in [6, 6.07) is 0. The van der Waals surface area contributed by atoms with Gasteiger partial charge in [-0.3, -0.25) is 4.79 Å². The number of fused-ring (bicyclic) bond motifs is 2. The van der Waals surface area contributed by atoms with Crippen LogP contribution in [0, 0.1) is 17.8 Å². The fourth-order valence-corrected chi connectivity index (χ4v) is 2.57. The van der Waals surface area contributed by atoms with Gasteiger partial charge in [0.05, 0.1) is 12.5 Å². The Hall–Kier alpha value is -0.830. The molecule has 2 aliphatic rings. The molecular formula is C11H16O3. The molecule has 2 bridgehead atoms. The van der Waals surface area contributed by atoms with Crippen molar-refractivity contribution in [2.24, 2.45) is 17.8 Å². The van der Waals surface area contributed by atoms with Crippen molar-refractivity contribution in [3.05, 3.63) is 12.2 Å². The van der Waals surface area contributed by atoms with Crippen LogP contribution in [0.25, 0.3) is 0 Å². The van der Waals surface area contributed by atoms with Gasteiger partial charge in [0.2, 0.25) is 0 Å². The van der Waals surface area contributed by atoms with Crippen LogP contribution in [0.5, 0.6) is 0 Å². The first-order valence-corrected chi connectivity index (χ1v) is 5.25. The second-order valence-electron chi connectivity index (χ2n) is 4.15. The van der Waals surface area contributed by atoms with Crippen molar-refractivity contribution >= 4 is 5.97 Å². The fourth-order valence-electron chi connectivity index (χ4n) is 2.57. The second kappa shape index (κ2) is 4.13. The number of allylic oxidation sites excluding steroid dienone is 2. The molecule has 14 heavy (non-hydrogen) atoms. The first-order valence-electron chi connectivity index (χ1n) is 5.25. The Morgan fingerprint density at radius 1 is 1.50 bits per heavy atom. The summed E-state index contributed by atoms with van der Waals surface area (Å²) in [5, 5.41) is 8.56. The lowest BCUT2D eigenvalue weighted by molar-refractivity contribution is -0.150. The van der Waals surface area contributed by atoms with Gasteiger partial charge in [0.15, 0.2) is 0 Å². The van der Waals surface area contributed by atoms with Crippen molar-refractivity contribution < 1.29 is 14.6 Å². The van der Waals surface area contributed by atoms with E-state index in [4.69, 9.17) is 9.84 Å². The normalized spacial score (nSPS) is 34.5. The molecule has 0 aliphatic heterocycles. The van der Waals surface area contributed by atoms with Crippen molar-refractivity contribution in [3.8, 4) is 0 Å². The van der Waals surface area contributed by atoms with Gasteiger partial charge in [0, 0.05) is 0 Å². The van der Waals surface area contributed by atoms with Gasteiger partial charge in [-0.25, -0.2) is 0 Å². The Bertz CT molecular complexity index is 247. The molecule has 3 unspecified atom stereocenters. The number of carbonyl (C=O) groups excluding carboxylic acids is 1. The molecule has 0 radical (unpaired) electrons. The molecule has 3 heteroatoms. The molecule has 0 saturated heterocycles. The number of hydrogen-bond donors (Lipinski definition) is 1. The maximum absolute atomic E-state index is 11.6. The highest BCUT2D eigenvalue weighted by Crippen LogP contribution is 2.43. The van der Waals surface area contributed by atoms with E-state index in [1.54, 1.807) is 0 Å². The lowest BCUT2D eigenvalue weighted by Crippen LogP contribution is -2.22. The van der Waals surface area contributed by atoms with Crippen LogP contribution in [0.15, 0.2) is 12.2 Å². The monoisotopic (exact) mass is 196 g/mol. The summed E-state index contributed by atoms with van der Waals surface area (Å²) in [6.45, 7) is 0.0605. The maximum atomic E-state index is 11.6. The van der Waals surface area contributed by atoms with Gasteiger partial charge in [0.25, 0.3) is 0 Å². The quantitative estimate of drug-likeness (QED) is 0.543. The molecule has 78 valence electrons. The molecule has 0 heterocycles. The Labute approximate surface area is 83.8 Å². The molecule has 2 aliphatic carbocycles.